The smallest absolute Gasteiger partial charge is 0.268 e. The minimum absolute atomic E-state index is 0.0691. The molecule has 0 bridgehead atoms. The number of rotatable bonds is 13. The zero-order chi connectivity index (χ0) is 27.7. The van der Waals surface area contributed by atoms with Crippen LogP contribution in [0.15, 0.2) is 65.6 Å². The Morgan fingerprint density at radius 3 is 2.24 bits per heavy atom. The summed E-state index contributed by atoms with van der Waals surface area (Å²) in [4.78, 5) is 42.4. The molecule has 10 heteroatoms. The van der Waals surface area contributed by atoms with Crippen LogP contribution < -0.4 is 16.0 Å². The third kappa shape index (κ3) is 7.92. The number of sulfone groups is 1. The van der Waals surface area contributed by atoms with Gasteiger partial charge < -0.3 is 20.9 Å². The van der Waals surface area contributed by atoms with Crippen LogP contribution in [0, 0.1) is 5.92 Å². The molecule has 0 saturated carbocycles. The summed E-state index contributed by atoms with van der Waals surface area (Å²) < 4.78 is 25.6. The fourth-order valence-electron chi connectivity index (χ4n) is 4.07. The predicted octanol–water partition coefficient (Wildman–Crippen LogP) is 3.19. The van der Waals surface area contributed by atoms with E-state index < -0.39 is 39.6 Å². The largest absolute Gasteiger partial charge is 0.354 e. The number of para-hydroxylation sites is 1. The highest BCUT2D eigenvalue weighted by atomic mass is 32.2. The number of aromatic amines is 1. The lowest BCUT2D eigenvalue weighted by Crippen LogP contribution is -2.54. The first-order valence-electron chi connectivity index (χ1n) is 12.8. The highest BCUT2D eigenvalue weighted by molar-refractivity contribution is 7.91. The third-order valence-corrected chi connectivity index (χ3v) is 7.83. The monoisotopic (exact) mass is 540 g/mol. The molecule has 2 atom stereocenters. The number of H-pyrrole nitrogens is 1. The Bertz CT molecular complexity index is 1320. The van der Waals surface area contributed by atoms with Crippen molar-refractivity contribution in [1.82, 2.24) is 20.9 Å². The maximum absolute atomic E-state index is 13.3. The molecular formula is C28H36N4O5S. The second-order valence-corrected chi connectivity index (χ2v) is 11.8. The second-order valence-electron chi connectivity index (χ2n) is 9.70. The number of fused-ring (bicyclic) bond motifs is 1. The molecule has 38 heavy (non-hydrogen) atoms. The van der Waals surface area contributed by atoms with Gasteiger partial charge in [-0.15, -0.1) is 0 Å². The lowest BCUT2D eigenvalue weighted by Gasteiger charge is -2.24. The first-order valence-corrected chi connectivity index (χ1v) is 14.5. The molecule has 1 unspecified atom stereocenters. The van der Waals surface area contributed by atoms with E-state index in [-0.39, 0.29) is 23.0 Å². The zero-order valence-corrected chi connectivity index (χ0v) is 22.8. The van der Waals surface area contributed by atoms with Gasteiger partial charge in [0, 0.05) is 17.4 Å². The lowest BCUT2D eigenvalue weighted by molar-refractivity contribution is -0.130. The van der Waals surface area contributed by atoms with Crippen molar-refractivity contribution in [1.29, 1.82) is 0 Å². The highest BCUT2D eigenvalue weighted by Gasteiger charge is 2.29. The molecule has 1 aromatic heterocycles. The van der Waals surface area contributed by atoms with Crippen molar-refractivity contribution in [2.24, 2.45) is 5.92 Å². The molecule has 1 heterocycles. The van der Waals surface area contributed by atoms with Crippen molar-refractivity contribution >= 4 is 38.5 Å². The molecule has 0 radical (unpaired) electrons. The van der Waals surface area contributed by atoms with Gasteiger partial charge in [-0.2, -0.15) is 0 Å². The van der Waals surface area contributed by atoms with E-state index in [0.717, 1.165) is 10.9 Å². The van der Waals surface area contributed by atoms with Gasteiger partial charge in [0.15, 0.2) is 9.84 Å². The number of carbonyl (C=O) groups is 3. The summed E-state index contributed by atoms with van der Waals surface area (Å²) in [7, 11) is -3.66. The number of nitrogens with one attached hydrogen (secondary N) is 4. The Hall–Kier alpha value is -3.66. The Morgan fingerprint density at radius 2 is 1.58 bits per heavy atom. The van der Waals surface area contributed by atoms with E-state index in [1.54, 1.807) is 24.3 Å². The molecule has 0 fully saturated rings. The Labute approximate surface area is 223 Å². The minimum Gasteiger partial charge on any atom is -0.354 e. The standard InChI is InChI=1S/C28H36N4O5S/c1-4-15-29-26(33)23(14-16-38(36,37)21-11-6-5-7-12-21)31-27(34)24(17-19(2)3)32-28(35)25-18-20-10-8-9-13-22(20)30-25/h5-13,18-19,23-24,30H,4,14-17H2,1-3H3,(H,29,33)(H,31,34)(H,32,35)/t23?,24-/m0/s1. The molecular weight excluding hydrogens is 504 g/mol. The van der Waals surface area contributed by atoms with Crippen LogP contribution in [-0.4, -0.2) is 55.5 Å². The van der Waals surface area contributed by atoms with Crippen LogP contribution in [-0.2, 0) is 19.4 Å². The first kappa shape index (κ1) is 28.9. The van der Waals surface area contributed by atoms with Crippen molar-refractivity contribution in [2.45, 2.75) is 57.0 Å². The third-order valence-electron chi connectivity index (χ3n) is 6.06. The maximum Gasteiger partial charge on any atom is 0.268 e. The van der Waals surface area contributed by atoms with Crippen LogP contribution in [0.4, 0.5) is 0 Å². The fourth-order valence-corrected chi connectivity index (χ4v) is 5.42. The number of carbonyl (C=O) groups excluding carboxylic acids is 3. The number of aromatic nitrogens is 1. The predicted molar refractivity (Wildman–Crippen MR) is 147 cm³/mol. The summed E-state index contributed by atoms with van der Waals surface area (Å²) in [6.45, 7) is 6.13. The van der Waals surface area contributed by atoms with Gasteiger partial charge in [-0.1, -0.05) is 57.2 Å². The van der Waals surface area contributed by atoms with Crippen molar-refractivity contribution in [3.63, 3.8) is 0 Å². The van der Waals surface area contributed by atoms with Crippen LogP contribution in [0.25, 0.3) is 10.9 Å². The van der Waals surface area contributed by atoms with Gasteiger partial charge in [-0.05, 0) is 49.4 Å². The van der Waals surface area contributed by atoms with Crippen molar-refractivity contribution in [2.75, 3.05) is 12.3 Å². The average molecular weight is 541 g/mol. The van der Waals surface area contributed by atoms with E-state index in [2.05, 4.69) is 20.9 Å². The maximum atomic E-state index is 13.3. The summed E-state index contributed by atoms with van der Waals surface area (Å²) >= 11 is 0. The van der Waals surface area contributed by atoms with Crippen LogP contribution in [0.5, 0.6) is 0 Å². The molecule has 0 aliphatic rings. The number of hydrogen-bond donors (Lipinski definition) is 4. The highest BCUT2D eigenvalue weighted by Crippen LogP contribution is 2.16. The molecule has 0 spiro atoms. The van der Waals surface area contributed by atoms with E-state index in [4.69, 9.17) is 0 Å². The van der Waals surface area contributed by atoms with E-state index in [9.17, 15) is 22.8 Å². The minimum atomic E-state index is -3.66. The van der Waals surface area contributed by atoms with Gasteiger partial charge in [0.1, 0.15) is 17.8 Å². The molecule has 3 aromatic rings. The van der Waals surface area contributed by atoms with Gasteiger partial charge in [-0.25, -0.2) is 8.42 Å². The van der Waals surface area contributed by atoms with Gasteiger partial charge >= 0.3 is 0 Å². The van der Waals surface area contributed by atoms with E-state index in [0.29, 0.717) is 25.1 Å². The topological polar surface area (TPSA) is 137 Å². The lowest BCUT2D eigenvalue weighted by atomic mass is 10.0. The normalized spacial score (nSPS) is 13.2. The average Bonchev–Trinajstić information content (AvgIpc) is 3.34. The quantitative estimate of drug-likeness (QED) is 0.264. The van der Waals surface area contributed by atoms with E-state index >= 15 is 0 Å². The fraction of sp³-hybridized carbons (Fsp3) is 0.393. The molecule has 3 amide bonds. The molecule has 4 N–H and O–H groups in total. The summed E-state index contributed by atoms with van der Waals surface area (Å²) in [5.74, 6) is -1.71. The molecule has 204 valence electrons. The summed E-state index contributed by atoms with van der Waals surface area (Å²) in [5.41, 5.74) is 1.12. The molecule has 0 saturated heterocycles. The Balaban J connectivity index is 1.75. The number of benzene rings is 2. The van der Waals surface area contributed by atoms with Gasteiger partial charge in [-0.3, -0.25) is 14.4 Å². The van der Waals surface area contributed by atoms with E-state index in [1.165, 1.54) is 12.1 Å². The second kappa shape index (κ2) is 13.2. The van der Waals surface area contributed by atoms with E-state index in [1.807, 2.05) is 45.0 Å². The summed E-state index contributed by atoms with van der Waals surface area (Å²) in [6.07, 6.45) is 0.914. The van der Waals surface area contributed by atoms with Crippen LogP contribution in [0.1, 0.15) is 50.5 Å². The van der Waals surface area contributed by atoms with Crippen molar-refractivity contribution < 1.29 is 22.8 Å². The molecule has 9 nitrogen and oxygen atoms in total. The molecule has 0 aliphatic carbocycles. The van der Waals surface area contributed by atoms with Crippen LogP contribution in [0.3, 0.4) is 0 Å². The van der Waals surface area contributed by atoms with Crippen molar-refractivity contribution in [3.05, 3.63) is 66.4 Å². The molecule has 3 rings (SSSR count). The number of amides is 3. The van der Waals surface area contributed by atoms with Gasteiger partial charge in [0.05, 0.1) is 10.6 Å². The summed E-state index contributed by atoms with van der Waals surface area (Å²) in [6, 6.07) is 15.2. The van der Waals surface area contributed by atoms with Gasteiger partial charge in [0.2, 0.25) is 11.8 Å². The van der Waals surface area contributed by atoms with Gasteiger partial charge in [0.25, 0.3) is 5.91 Å². The first-order chi connectivity index (χ1) is 18.1. The molecule has 0 aliphatic heterocycles. The SMILES string of the molecule is CCCNC(=O)C(CCS(=O)(=O)c1ccccc1)NC(=O)[C@H](CC(C)C)NC(=O)c1cc2ccccc2[nH]1. The zero-order valence-electron chi connectivity index (χ0n) is 22.0. The number of hydrogen-bond acceptors (Lipinski definition) is 5. The van der Waals surface area contributed by atoms with Crippen molar-refractivity contribution in [3.8, 4) is 0 Å². The Morgan fingerprint density at radius 1 is 0.895 bits per heavy atom. The van der Waals surface area contributed by atoms with Crippen LogP contribution in [0.2, 0.25) is 0 Å². The molecule has 2 aromatic carbocycles. The Kier molecular flexibility index (Phi) is 10.1. The van der Waals surface area contributed by atoms with Crippen LogP contribution >= 0.6 is 0 Å². The summed E-state index contributed by atoms with van der Waals surface area (Å²) in [5, 5.41) is 9.08.